The predicted octanol–water partition coefficient (Wildman–Crippen LogP) is 1.96. The Bertz CT molecular complexity index is 474. The molecule has 2 N–H and O–H groups in total. The van der Waals surface area contributed by atoms with Crippen LogP contribution in [0.15, 0.2) is 18.3 Å². The number of anilines is 1. The molecule has 0 atom stereocenters. The number of nitrogens with two attached hydrogens (primary N) is 1. The van der Waals surface area contributed by atoms with Crippen molar-refractivity contribution in [2.24, 2.45) is 5.73 Å². The first kappa shape index (κ1) is 14.8. The van der Waals surface area contributed by atoms with Crippen LogP contribution in [0.5, 0.6) is 0 Å². The van der Waals surface area contributed by atoms with E-state index in [0.29, 0.717) is 5.56 Å². The normalized spacial score (nSPS) is 17.1. The molecule has 0 amide bonds. The standard InChI is InChI=1S/C15H23N3O2/c1-15(2,3)20-14(19)11-4-7-17-13(10-11)18-8-5-12(16)6-9-18/h4,7,10,12H,5-6,8-9,16H2,1-3H3. The zero-order valence-corrected chi connectivity index (χ0v) is 12.4. The largest absolute Gasteiger partial charge is 0.456 e. The lowest BCUT2D eigenvalue weighted by molar-refractivity contribution is 0.00694. The number of rotatable bonds is 2. The molecule has 2 heterocycles. The van der Waals surface area contributed by atoms with Gasteiger partial charge in [0.25, 0.3) is 0 Å². The number of nitrogens with zero attached hydrogens (tertiary/aromatic N) is 2. The number of carbonyl (C=O) groups excluding carboxylic acids is 1. The van der Waals surface area contributed by atoms with E-state index in [-0.39, 0.29) is 12.0 Å². The van der Waals surface area contributed by atoms with Gasteiger partial charge in [-0.05, 0) is 45.7 Å². The van der Waals surface area contributed by atoms with Crippen LogP contribution < -0.4 is 10.6 Å². The van der Waals surface area contributed by atoms with Crippen LogP contribution in [0.2, 0.25) is 0 Å². The van der Waals surface area contributed by atoms with E-state index in [1.54, 1.807) is 18.3 Å². The Balaban J connectivity index is 2.10. The number of ether oxygens (including phenoxy) is 1. The van der Waals surface area contributed by atoms with Gasteiger partial charge in [0.1, 0.15) is 11.4 Å². The molecule has 0 radical (unpaired) electrons. The van der Waals surface area contributed by atoms with Crippen molar-refractivity contribution in [2.75, 3.05) is 18.0 Å². The van der Waals surface area contributed by atoms with E-state index in [1.807, 2.05) is 20.8 Å². The van der Waals surface area contributed by atoms with Gasteiger partial charge in [-0.1, -0.05) is 0 Å². The third kappa shape index (κ3) is 3.93. The van der Waals surface area contributed by atoms with Crippen molar-refractivity contribution in [3.63, 3.8) is 0 Å². The molecule has 0 saturated carbocycles. The molecule has 5 nitrogen and oxygen atoms in total. The lowest BCUT2D eigenvalue weighted by Crippen LogP contribution is -2.40. The average Bonchev–Trinajstić information content (AvgIpc) is 2.38. The van der Waals surface area contributed by atoms with Gasteiger partial charge in [0.05, 0.1) is 5.56 Å². The number of hydrogen-bond acceptors (Lipinski definition) is 5. The Morgan fingerprint density at radius 1 is 1.40 bits per heavy atom. The first-order valence-corrected chi connectivity index (χ1v) is 7.05. The third-order valence-electron chi connectivity index (χ3n) is 3.24. The summed E-state index contributed by atoms with van der Waals surface area (Å²) in [5, 5.41) is 0. The lowest BCUT2D eigenvalue weighted by Gasteiger charge is -2.31. The summed E-state index contributed by atoms with van der Waals surface area (Å²) in [6.45, 7) is 7.34. The molecule has 110 valence electrons. The summed E-state index contributed by atoms with van der Waals surface area (Å²) in [5.41, 5.74) is 5.96. The zero-order valence-electron chi connectivity index (χ0n) is 12.4. The maximum atomic E-state index is 12.1. The highest BCUT2D eigenvalue weighted by Crippen LogP contribution is 2.19. The third-order valence-corrected chi connectivity index (χ3v) is 3.24. The van der Waals surface area contributed by atoms with Crippen LogP contribution in [0.25, 0.3) is 0 Å². The first-order valence-electron chi connectivity index (χ1n) is 7.05. The molecule has 0 spiro atoms. The Kier molecular flexibility index (Phi) is 4.28. The number of piperidine rings is 1. The number of hydrogen-bond donors (Lipinski definition) is 1. The second kappa shape index (κ2) is 5.79. The van der Waals surface area contributed by atoms with Gasteiger partial charge >= 0.3 is 5.97 Å². The van der Waals surface area contributed by atoms with Crippen LogP contribution in [0.4, 0.5) is 5.82 Å². The molecule has 1 aliphatic rings. The Labute approximate surface area is 120 Å². The molecule has 0 unspecified atom stereocenters. The van der Waals surface area contributed by atoms with E-state index in [1.165, 1.54) is 0 Å². The van der Waals surface area contributed by atoms with E-state index in [0.717, 1.165) is 31.7 Å². The Morgan fingerprint density at radius 2 is 2.05 bits per heavy atom. The molecule has 1 fully saturated rings. The van der Waals surface area contributed by atoms with Crippen LogP contribution in [-0.4, -0.2) is 35.7 Å². The van der Waals surface area contributed by atoms with Crippen LogP contribution in [0, 0.1) is 0 Å². The van der Waals surface area contributed by atoms with Crippen LogP contribution in [0.1, 0.15) is 44.0 Å². The molecule has 1 aromatic heterocycles. The van der Waals surface area contributed by atoms with Crippen LogP contribution in [-0.2, 0) is 4.74 Å². The molecular formula is C15H23N3O2. The molecule has 2 rings (SSSR count). The highest BCUT2D eigenvalue weighted by molar-refractivity contribution is 5.90. The van der Waals surface area contributed by atoms with Crippen molar-refractivity contribution in [2.45, 2.75) is 45.3 Å². The minimum absolute atomic E-state index is 0.278. The summed E-state index contributed by atoms with van der Waals surface area (Å²) in [4.78, 5) is 18.6. The fourth-order valence-electron chi connectivity index (χ4n) is 2.18. The van der Waals surface area contributed by atoms with Crippen molar-refractivity contribution in [1.29, 1.82) is 0 Å². The minimum Gasteiger partial charge on any atom is -0.456 e. The Morgan fingerprint density at radius 3 is 2.65 bits per heavy atom. The van der Waals surface area contributed by atoms with Gasteiger partial charge in [0.15, 0.2) is 0 Å². The second-order valence-electron chi connectivity index (χ2n) is 6.23. The topological polar surface area (TPSA) is 68.5 Å². The number of esters is 1. The molecule has 5 heteroatoms. The van der Waals surface area contributed by atoms with Gasteiger partial charge in [-0.25, -0.2) is 9.78 Å². The number of aromatic nitrogens is 1. The van der Waals surface area contributed by atoms with Crippen LogP contribution >= 0.6 is 0 Å². The molecule has 0 bridgehead atoms. The lowest BCUT2D eigenvalue weighted by atomic mass is 10.1. The van der Waals surface area contributed by atoms with Gasteiger partial charge < -0.3 is 15.4 Å². The fraction of sp³-hybridized carbons (Fsp3) is 0.600. The van der Waals surface area contributed by atoms with Crippen LogP contribution in [0.3, 0.4) is 0 Å². The van der Waals surface area contributed by atoms with Gasteiger partial charge in [0.2, 0.25) is 0 Å². The molecule has 1 aromatic rings. The summed E-state index contributed by atoms with van der Waals surface area (Å²) in [6, 6.07) is 3.76. The summed E-state index contributed by atoms with van der Waals surface area (Å²) < 4.78 is 5.38. The van der Waals surface area contributed by atoms with E-state index in [4.69, 9.17) is 10.5 Å². The highest BCUT2D eigenvalue weighted by Gasteiger charge is 2.21. The minimum atomic E-state index is -0.488. The SMILES string of the molecule is CC(C)(C)OC(=O)c1ccnc(N2CCC(N)CC2)c1. The van der Waals surface area contributed by atoms with Crippen molar-refractivity contribution >= 4 is 11.8 Å². The van der Waals surface area contributed by atoms with E-state index in [2.05, 4.69) is 9.88 Å². The second-order valence-corrected chi connectivity index (χ2v) is 6.23. The molecule has 1 saturated heterocycles. The summed E-state index contributed by atoms with van der Waals surface area (Å²) in [5.74, 6) is 0.509. The smallest absolute Gasteiger partial charge is 0.338 e. The highest BCUT2D eigenvalue weighted by atomic mass is 16.6. The van der Waals surface area contributed by atoms with Crippen molar-refractivity contribution < 1.29 is 9.53 Å². The molecule has 20 heavy (non-hydrogen) atoms. The van der Waals surface area contributed by atoms with Gasteiger partial charge in [-0.2, -0.15) is 0 Å². The van der Waals surface area contributed by atoms with Crippen molar-refractivity contribution in [3.05, 3.63) is 23.9 Å². The van der Waals surface area contributed by atoms with Crippen molar-refractivity contribution in [3.8, 4) is 0 Å². The van der Waals surface area contributed by atoms with Gasteiger partial charge in [0, 0.05) is 25.3 Å². The monoisotopic (exact) mass is 277 g/mol. The molecule has 0 aromatic carbocycles. The van der Waals surface area contributed by atoms with E-state index in [9.17, 15) is 4.79 Å². The van der Waals surface area contributed by atoms with E-state index >= 15 is 0 Å². The van der Waals surface area contributed by atoms with Gasteiger partial charge in [-0.15, -0.1) is 0 Å². The maximum Gasteiger partial charge on any atom is 0.338 e. The van der Waals surface area contributed by atoms with E-state index < -0.39 is 5.60 Å². The molecule has 1 aliphatic heterocycles. The average molecular weight is 277 g/mol. The summed E-state index contributed by atoms with van der Waals surface area (Å²) in [6.07, 6.45) is 3.57. The zero-order chi connectivity index (χ0) is 14.8. The summed E-state index contributed by atoms with van der Waals surface area (Å²) >= 11 is 0. The molecular weight excluding hydrogens is 254 g/mol. The summed E-state index contributed by atoms with van der Waals surface area (Å²) in [7, 11) is 0. The molecule has 0 aliphatic carbocycles. The fourth-order valence-corrected chi connectivity index (χ4v) is 2.18. The number of carbonyl (C=O) groups is 1. The van der Waals surface area contributed by atoms with Crippen molar-refractivity contribution in [1.82, 2.24) is 4.98 Å². The number of pyridine rings is 1. The first-order chi connectivity index (χ1) is 9.35. The quantitative estimate of drug-likeness (QED) is 0.837. The predicted molar refractivity (Wildman–Crippen MR) is 78.8 cm³/mol. The maximum absolute atomic E-state index is 12.1. The van der Waals surface area contributed by atoms with Gasteiger partial charge in [-0.3, -0.25) is 0 Å². The Hall–Kier alpha value is -1.62.